The van der Waals surface area contributed by atoms with Gasteiger partial charge in [-0.3, -0.25) is 4.79 Å². The molecule has 0 saturated carbocycles. The summed E-state index contributed by atoms with van der Waals surface area (Å²) < 4.78 is 7.35. The van der Waals surface area contributed by atoms with E-state index in [2.05, 4.69) is 27.1 Å². The van der Waals surface area contributed by atoms with E-state index in [0.717, 1.165) is 41.4 Å². The lowest BCUT2D eigenvalue weighted by Gasteiger charge is -2.36. The third-order valence-corrected chi connectivity index (χ3v) is 6.44. The van der Waals surface area contributed by atoms with Gasteiger partial charge in [-0.05, 0) is 57.5 Å². The molecule has 2 aromatic carbocycles. The van der Waals surface area contributed by atoms with Crippen LogP contribution in [0.2, 0.25) is 0 Å². The summed E-state index contributed by atoms with van der Waals surface area (Å²) in [6.45, 7) is 10.2. The number of amides is 2. The fraction of sp³-hybridized carbons (Fsp3) is 0.357. The highest BCUT2D eigenvalue weighted by Gasteiger charge is 2.29. The molecular weight excluding hydrogens is 454 g/mol. The fourth-order valence-corrected chi connectivity index (χ4v) is 4.68. The van der Waals surface area contributed by atoms with E-state index in [0.29, 0.717) is 30.8 Å². The first-order valence-electron chi connectivity index (χ1n) is 12.3. The van der Waals surface area contributed by atoms with Crippen molar-refractivity contribution in [3.05, 3.63) is 77.1 Å². The number of aliphatic imine (C=N–C) groups is 1. The van der Waals surface area contributed by atoms with Crippen molar-refractivity contribution in [3.63, 3.8) is 0 Å². The fourth-order valence-electron chi connectivity index (χ4n) is 4.68. The second-order valence-corrected chi connectivity index (χ2v) is 10.2. The van der Waals surface area contributed by atoms with Gasteiger partial charge in [-0.25, -0.2) is 14.5 Å². The Hall–Kier alpha value is -3.94. The zero-order valence-corrected chi connectivity index (χ0v) is 21.2. The molecule has 0 radical (unpaired) electrons. The second-order valence-electron chi connectivity index (χ2n) is 10.2. The third-order valence-electron chi connectivity index (χ3n) is 6.44. The van der Waals surface area contributed by atoms with Crippen molar-refractivity contribution in [2.45, 2.75) is 39.7 Å². The molecule has 2 amide bonds. The van der Waals surface area contributed by atoms with Gasteiger partial charge in [0.15, 0.2) is 0 Å². The maximum atomic E-state index is 12.9. The number of anilines is 1. The molecule has 3 aromatic rings. The summed E-state index contributed by atoms with van der Waals surface area (Å²) in [4.78, 5) is 33.7. The van der Waals surface area contributed by atoms with Gasteiger partial charge >= 0.3 is 6.09 Å². The van der Waals surface area contributed by atoms with Gasteiger partial charge in [0.1, 0.15) is 5.60 Å². The molecule has 0 aliphatic carbocycles. The normalized spacial score (nSPS) is 16.0. The van der Waals surface area contributed by atoms with E-state index in [4.69, 9.17) is 4.74 Å². The first kappa shape index (κ1) is 23.8. The first-order valence-corrected chi connectivity index (χ1v) is 12.3. The van der Waals surface area contributed by atoms with Gasteiger partial charge < -0.3 is 14.5 Å². The average Bonchev–Trinajstić information content (AvgIpc) is 3.20. The number of hydrogen-bond donors (Lipinski definition) is 0. The molecule has 8 heteroatoms. The number of carbonyl (C=O) groups excluding carboxylic acids is 2. The lowest BCUT2D eigenvalue weighted by atomic mass is 9.98. The Bertz CT molecular complexity index is 1310. The number of carbonyl (C=O) groups is 2. The minimum atomic E-state index is -0.495. The van der Waals surface area contributed by atoms with Crippen LogP contribution in [0.5, 0.6) is 0 Å². The summed E-state index contributed by atoms with van der Waals surface area (Å²) in [5, 5.41) is 4.63. The molecule has 0 spiro atoms. The summed E-state index contributed by atoms with van der Waals surface area (Å²) in [7, 11) is 0. The number of rotatable bonds is 3. The molecule has 1 aromatic heterocycles. The van der Waals surface area contributed by atoms with Gasteiger partial charge in [-0.15, -0.1) is 0 Å². The molecule has 0 N–H and O–H groups in total. The number of nitrogens with zero attached hydrogens (tertiary/aromatic N) is 5. The number of piperazine rings is 1. The molecule has 1 saturated heterocycles. The largest absolute Gasteiger partial charge is 0.444 e. The molecule has 2 aliphatic heterocycles. The van der Waals surface area contributed by atoms with E-state index in [1.54, 1.807) is 4.90 Å². The van der Waals surface area contributed by atoms with Gasteiger partial charge in [0, 0.05) is 38.3 Å². The Balaban J connectivity index is 1.29. The van der Waals surface area contributed by atoms with Crippen molar-refractivity contribution in [1.29, 1.82) is 0 Å². The minimum Gasteiger partial charge on any atom is -0.444 e. The van der Waals surface area contributed by atoms with Crippen LogP contribution in [-0.2, 0) is 11.2 Å². The van der Waals surface area contributed by atoms with E-state index in [-0.39, 0.29) is 12.0 Å². The number of aryl methyl sites for hydroxylation is 1. The third kappa shape index (κ3) is 4.76. The molecule has 186 valence electrons. The Labute approximate surface area is 211 Å². The van der Waals surface area contributed by atoms with E-state index < -0.39 is 5.60 Å². The van der Waals surface area contributed by atoms with Gasteiger partial charge in [0.2, 0.25) is 0 Å². The Morgan fingerprint density at radius 3 is 2.22 bits per heavy atom. The SMILES string of the molecule is Cc1nn(-c2ccccc2)c2c1C(=O)N=C(c1ccc(N3CCN(C(=O)OC(C)(C)C)CC3)cc1)C2. The van der Waals surface area contributed by atoms with Gasteiger partial charge in [0.25, 0.3) is 5.91 Å². The molecule has 3 heterocycles. The lowest BCUT2D eigenvalue weighted by molar-refractivity contribution is 0.0240. The van der Waals surface area contributed by atoms with Crippen molar-refractivity contribution in [2.75, 3.05) is 31.1 Å². The van der Waals surface area contributed by atoms with Crippen LogP contribution in [0.15, 0.2) is 59.6 Å². The number of benzene rings is 2. The van der Waals surface area contributed by atoms with Crippen molar-refractivity contribution in [3.8, 4) is 5.69 Å². The predicted molar refractivity (Wildman–Crippen MR) is 139 cm³/mol. The van der Waals surface area contributed by atoms with E-state index >= 15 is 0 Å². The summed E-state index contributed by atoms with van der Waals surface area (Å²) in [6.07, 6.45) is 0.270. The Morgan fingerprint density at radius 2 is 1.58 bits per heavy atom. The molecule has 2 aliphatic rings. The van der Waals surface area contributed by atoms with Crippen LogP contribution in [0.4, 0.5) is 10.5 Å². The Morgan fingerprint density at radius 1 is 0.917 bits per heavy atom. The summed E-state index contributed by atoms with van der Waals surface area (Å²) in [6, 6.07) is 18.0. The molecular formula is C28H31N5O3. The summed E-state index contributed by atoms with van der Waals surface area (Å²) >= 11 is 0. The zero-order valence-electron chi connectivity index (χ0n) is 21.2. The molecule has 0 bridgehead atoms. The quantitative estimate of drug-likeness (QED) is 0.549. The van der Waals surface area contributed by atoms with Crippen molar-refractivity contribution >= 4 is 23.4 Å². The minimum absolute atomic E-state index is 0.242. The maximum absolute atomic E-state index is 12.9. The van der Waals surface area contributed by atoms with Crippen molar-refractivity contribution < 1.29 is 14.3 Å². The number of para-hydroxylation sites is 1. The van der Waals surface area contributed by atoms with Gasteiger partial charge in [-0.1, -0.05) is 30.3 Å². The molecule has 8 nitrogen and oxygen atoms in total. The van der Waals surface area contributed by atoms with Crippen LogP contribution in [0.25, 0.3) is 5.69 Å². The number of hydrogen-bond acceptors (Lipinski definition) is 5. The topological polar surface area (TPSA) is 80.0 Å². The van der Waals surface area contributed by atoms with Crippen LogP contribution in [0.3, 0.4) is 0 Å². The first-order chi connectivity index (χ1) is 17.2. The Kier molecular flexibility index (Phi) is 6.12. The molecule has 1 fully saturated rings. The van der Waals surface area contributed by atoms with Crippen LogP contribution < -0.4 is 4.90 Å². The zero-order chi connectivity index (χ0) is 25.4. The van der Waals surface area contributed by atoms with Gasteiger partial charge in [-0.2, -0.15) is 5.10 Å². The second kappa shape index (κ2) is 9.26. The van der Waals surface area contributed by atoms with Crippen LogP contribution >= 0.6 is 0 Å². The van der Waals surface area contributed by atoms with Crippen LogP contribution in [-0.4, -0.2) is 64.2 Å². The predicted octanol–water partition coefficient (Wildman–Crippen LogP) is 4.42. The lowest BCUT2D eigenvalue weighted by Crippen LogP contribution is -2.50. The van der Waals surface area contributed by atoms with Crippen molar-refractivity contribution in [1.82, 2.24) is 14.7 Å². The standard InChI is InChI=1S/C28H31N5O3/c1-19-25-24(33(30-19)22-8-6-5-7-9-22)18-23(29-26(25)34)20-10-12-21(13-11-20)31-14-16-32(17-15-31)27(35)36-28(2,3)4/h5-13H,14-18H2,1-4H3. The highest BCUT2D eigenvalue weighted by molar-refractivity contribution is 6.15. The maximum Gasteiger partial charge on any atom is 0.410 e. The molecule has 0 atom stereocenters. The van der Waals surface area contributed by atoms with E-state index in [9.17, 15) is 9.59 Å². The average molecular weight is 486 g/mol. The molecule has 36 heavy (non-hydrogen) atoms. The van der Waals surface area contributed by atoms with Crippen LogP contribution in [0, 0.1) is 6.92 Å². The van der Waals surface area contributed by atoms with Crippen LogP contribution in [0.1, 0.15) is 48.1 Å². The number of fused-ring (bicyclic) bond motifs is 1. The van der Waals surface area contributed by atoms with E-state index in [1.807, 2.05) is 74.8 Å². The monoisotopic (exact) mass is 485 g/mol. The highest BCUT2D eigenvalue weighted by Crippen LogP contribution is 2.27. The van der Waals surface area contributed by atoms with E-state index in [1.165, 1.54) is 0 Å². The summed E-state index contributed by atoms with van der Waals surface area (Å²) in [5.41, 5.74) is 5.34. The molecule has 0 unspecified atom stereocenters. The molecule has 5 rings (SSSR count). The van der Waals surface area contributed by atoms with Gasteiger partial charge in [0.05, 0.1) is 28.4 Å². The summed E-state index contributed by atoms with van der Waals surface area (Å²) in [5.74, 6) is -0.242. The number of ether oxygens (including phenoxy) is 1. The van der Waals surface area contributed by atoms with Crippen molar-refractivity contribution in [2.24, 2.45) is 4.99 Å². The number of aromatic nitrogens is 2. The smallest absolute Gasteiger partial charge is 0.410 e. The highest BCUT2D eigenvalue weighted by atomic mass is 16.6.